The molecule has 0 aromatic carbocycles. The van der Waals surface area contributed by atoms with Gasteiger partial charge in [-0.25, -0.2) is 4.72 Å². The van der Waals surface area contributed by atoms with E-state index in [1.54, 1.807) is 4.31 Å². The SMILES string of the molecule is CC1CCCCC1CNS(=O)(=O)N1CCNCC1. The number of hydrogen-bond donors (Lipinski definition) is 2. The molecule has 1 aliphatic heterocycles. The van der Waals surface area contributed by atoms with Crippen molar-refractivity contribution in [2.45, 2.75) is 32.6 Å². The van der Waals surface area contributed by atoms with Gasteiger partial charge in [-0.05, 0) is 18.3 Å². The summed E-state index contributed by atoms with van der Waals surface area (Å²) in [4.78, 5) is 0. The Bertz CT molecular complexity index is 352. The first-order chi connectivity index (χ1) is 8.59. The first kappa shape index (κ1) is 14.2. The van der Waals surface area contributed by atoms with Crippen molar-refractivity contribution in [3.8, 4) is 0 Å². The van der Waals surface area contributed by atoms with Crippen LogP contribution in [0.1, 0.15) is 32.6 Å². The van der Waals surface area contributed by atoms with Crippen LogP contribution < -0.4 is 10.0 Å². The molecule has 1 heterocycles. The van der Waals surface area contributed by atoms with Crippen LogP contribution in [0.15, 0.2) is 0 Å². The maximum Gasteiger partial charge on any atom is 0.279 e. The molecule has 0 amide bonds. The number of nitrogens with one attached hydrogen (secondary N) is 2. The molecule has 1 saturated carbocycles. The predicted octanol–water partition coefficient (Wildman–Crippen LogP) is 0.552. The van der Waals surface area contributed by atoms with E-state index in [1.807, 2.05) is 0 Å². The second-order valence-electron chi connectivity index (χ2n) is 5.52. The van der Waals surface area contributed by atoms with Crippen LogP contribution in [0.3, 0.4) is 0 Å². The van der Waals surface area contributed by atoms with Gasteiger partial charge < -0.3 is 5.32 Å². The lowest BCUT2D eigenvalue weighted by molar-refractivity contribution is 0.255. The molecule has 0 aromatic rings. The Kier molecular flexibility index (Phi) is 5.00. The van der Waals surface area contributed by atoms with E-state index in [9.17, 15) is 8.42 Å². The van der Waals surface area contributed by atoms with E-state index < -0.39 is 10.2 Å². The van der Waals surface area contributed by atoms with E-state index in [4.69, 9.17) is 0 Å². The Morgan fingerprint density at radius 1 is 1.22 bits per heavy atom. The van der Waals surface area contributed by atoms with Crippen molar-refractivity contribution in [1.82, 2.24) is 14.3 Å². The normalized spacial score (nSPS) is 31.4. The second-order valence-corrected chi connectivity index (χ2v) is 7.28. The van der Waals surface area contributed by atoms with Crippen molar-refractivity contribution in [3.05, 3.63) is 0 Å². The molecule has 6 heteroatoms. The van der Waals surface area contributed by atoms with Gasteiger partial charge in [0.05, 0.1) is 0 Å². The molecule has 0 radical (unpaired) electrons. The fourth-order valence-electron chi connectivity index (χ4n) is 2.88. The van der Waals surface area contributed by atoms with Gasteiger partial charge in [-0.15, -0.1) is 0 Å². The fraction of sp³-hybridized carbons (Fsp3) is 1.00. The molecule has 0 bridgehead atoms. The van der Waals surface area contributed by atoms with Crippen molar-refractivity contribution in [2.75, 3.05) is 32.7 Å². The molecular weight excluding hydrogens is 250 g/mol. The van der Waals surface area contributed by atoms with Gasteiger partial charge in [-0.3, -0.25) is 0 Å². The molecule has 1 saturated heterocycles. The molecule has 0 spiro atoms. The highest BCUT2D eigenvalue weighted by molar-refractivity contribution is 7.87. The average molecular weight is 275 g/mol. The van der Waals surface area contributed by atoms with E-state index in [0.29, 0.717) is 31.5 Å². The smallest absolute Gasteiger partial charge is 0.279 e. The molecule has 2 atom stereocenters. The lowest BCUT2D eigenvalue weighted by Crippen LogP contribution is -2.51. The summed E-state index contributed by atoms with van der Waals surface area (Å²) in [6.07, 6.45) is 4.93. The molecule has 2 aliphatic rings. The van der Waals surface area contributed by atoms with E-state index in [2.05, 4.69) is 17.0 Å². The molecule has 1 aliphatic carbocycles. The summed E-state index contributed by atoms with van der Waals surface area (Å²) in [5, 5.41) is 3.17. The minimum atomic E-state index is -3.26. The quantitative estimate of drug-likeness (QED) is 0.788. The zero-order chi connectivity index (χ0) is 13.0. The summed E-state index contributed by atoms with van der Waals surface area (Å²) in [6.45, 7) is 5.50. The fourth-order valence-corrected chi connectivity index (χ4v) is 4.16. The Balaban J connectivity index is 1.84. The molecular formula is C12H25N3O2S. The predicted molar refractivity (Wildman–Crippen MR) is 72.5 cm³/mol. The van der Waals surface area contributed by atoms with Gasteiger partial charge in [-0.1, -0.05) is 26.2 Å². The zero-order valence-electron chi connectivity index (χ0n) is 11.2. The van der Waals surface area contributed by atoms with E-state index in [-0.39, 0.29) is 0 Å². The van der Waals surface area contributed by atoms with Crippen LogP contribution in [0.25, 0.3) is 0 Å². The van der Waals surface area contributed by atoms with Gasteiger partial charge in [0.15, 0.2) is 0 Å². The van der Waals surface area contributed by atoms with Crippen LogP contribution in [-0.4, -0.2) is 45.4 Å². The number of hydrogen-bond acceptors (Lipinski definition) is 3. The third-order valence-electron chi connectivity index (χ3n) is 4.23. The standard InChI is InChI=1S/C12H25N3O2S/c1-11-4-2-3-5-12(11)10-14-18(16,17)15-8-6-13-7-9-15/h11-14H,2-10H2,1H3. The maximum atomic E-state index is 12.1. The van der Waals surface area contributed by atoms with Crippen LogP contribution in [0.5, 0.6) is 0 Å². The van der Waals surface area contributed by atoms with Crippen molar-refractivity contribution in [1.29, 1.82) is 0 Å². The largest absolute Gasteiger partial charge is 0.314 e. The zero-order valence-corrected chi connectivity index (χ0v) is 12.0. The summed E-state index contributed by atoms with van der Waals surface area (Å²) in [7, 11) is -3.26. The Morgan fingerprint density at radius 3 is 2.56 bits per heavy atom. The van der Waals surface area contributed by atoms with Crippen LogP contribution in [0, 0.1) is 11.8 Å². The molecule has 106 valence electrons. The first-order valence-electron chi connectivity index (χ1n) is 7.05. The van der Waals surface area contributed by atoms with Crippen LogP contribution in [0.2, 0.25) is 0 Å². The third-order valence-corrected chi connectivity index (χ3v) is 5.81. The summed E-state index contributed by atoms with van der Waals surface area (Å²) < 4.78 is 28.6. The molecule has 2 N–H and O–H groups in total. The Hall–Kier alpha value is -0.170. The summed E-state index contributed by atoms with van der Waals surface area (Å²) >= 11 is 0. The molecule has 0 aromatic heterocycles. The first-order valence-corrected chi connectivity index (χ1v) is 8.49. The molecule has 2 unspecified atom stereocenters. The lowest BCUT2D eigenvalue weighted by Gasteiger charge is -2.31. The Morgan fingerprint density at radius 2 is 1.89 bits per heavy atom. The summed E-state index contributed by atoms with van der Waals surface area (Å²) in [5.74, 6) is 1.15. The lowest BCUT2D eigenvalue weighted by atomic mass is 9.81. The van der Waals surface area contributed by atoms with Crippen molar-refractivity contribution in [3.63, 3.8) is 0 Å². The topological polar surface area (TPSA) is 61.4 Å². The molecule has 2 rings (SSSR count). The van der Waals surface area contributed by atoms with Gasteiger partial charge in [0.1, 0.15) is 0 Å². The van der Waals surface area contributed by atoms with Crippen molar-refractivity contribution < 1.29 is 8.42 Å². The number of rotatable bonds is 4. The summed E-state index contributed by atoms with van der Waals surface area (Å²) in [5.41, 5.74) is 0. The highest BCUT2D eigenvalue weighted by Crippen LogP contribution is 2.29. The maximum absolute atomic E-state index is 12.1. The van der Waals surface area contributed by atoms with Gasteiger partial charge in [0.2, 0.25) is 0 Å². The molecule has 18 heavy (non-hydrogen) atoms. The van der Waals surface area contributed by atoms with Crippen molar-refractivity contribution >= 4 is 10.2 Å². The minimum Gasteiger partial charge on any atom is -0.314 e. The monoisotopic (exact) mass is 275 g/mol. The highest BCUT2D eigenvalue weighted by atomic mass is 32.2. The Labute approximate surface area is 110 Å². The average Bonchev–Trinajstić information content (AvgIpc) is 2.39. The third kappa shape index (κ3) is 3.66. The summed E-state index contributed by atoms with van der Waals surface area (Å²) in [6, 6.07) is 0. The van der Waals surface area contributed by atoms with Gasteiger partial charge in [-0.2, -0.15) is 12.7 Å². The molecule has 5 nitrogen and oxygen atoms in total. The minimum absolute atomic E-state index is 0.511. The number of nitrogens with zero attached hydrogens (tertiary/aromatic N) is 1. The highest BCUT2D eigenvalue weighted by Gasteiger charge is 2.27. The van der Waals surface area contributed by atoms with Gasteiger partial charge in [0.25, 0.3) is 10.2 Å². The van der Waals surface area contributed by atoms with E-state index in [0.717, 1.165) is 19.5 Å². The van der Waals surface area contributed by atoms with Gasteiger partial charge in [0, 0.05) is 32.7 Å². The van der Waals surface area contributed by atoms with Crippen LogP contribution in [-0.2, 0) is 10.2 Å². The second kappa shape index (κ2) is 6.32. The molecule has 2 fully saturated rings. The number of piperazine rings is 1. The van der Waals surface area contributed by atoms with Crippen molar-refractivity contribution in [2.24, 2.45) is 11.8 Å². The van der Waals surface area contributed by atoms with Crippen LogP contribution >= 0.6 is 0 Å². The van der Waals surface area contributed by atoms with Crippen LogP contribution in [0.4, 0.5) is 0 Å². The van der Waals surface area contributed by atoms with E-state index in [1.165, 1.54) is 19.3 Å². The van der Waals surface area contributed by atoms with E-state index >= 15 is 0 Å². The van der Waals surface area contributed by atoms with Gasteiger partial charge >= 0.3 is 0 Å².